The predicted octanol–water partition coefficient (Wildman–Crippen LogP) is 5.58. The Morgan fingerprint density at radius 2 is 1.90 bits per heavy atom. The Labute approximate surface area is 188 Å². The number of carboxylic acid groups (broad SMARTS) is 1. The summed E-state index contributed by atoms with van der Waals surface area (Å²) in [5, 5.41) is 12.9. The zero-order valence-corrected chi connectivity index (χ0v) is 20.2. The van der Waals surface area contributed by atoms with Gasteiger partial charge in [0.15, 0.2) is 0 Å². The number of rotatable bonds is 10. The standard InChI is InChI=1S/C25H44N2O4/c1-6-7-15-26-23(28)14-13-20(18(2)3)17-22-21(16-19-11-9-8-10-12-19)27(24(29)30)25(4,5)31-22/h13-14,18-22H,6-12,15-17H2,1-5H3,(H,26,28)(H,29,30)/b14-13+/t20-,21-,22-/m0/s1. The third kappa shape index (κ3) is 7.51. The maximum atomic E-state index is 12.2. The molecule has 0 spiro atoms. The average molecular weight is 437 g/mol. The molecule has 178 valence electrons. The molecule has 1 aliphatic heterocycles. The van der Waals surface area contributed by atoms with E-state index in [2.05, 4.69) is 26.1 Å². The molecule has 6 heteroatoms. The van der Waals surface area contributed by atoms with Gasteiger partial charge in [0.25, 0.3) is 0 Å². The molecule has 2 aliphatic rings. The number of hydrogen-bond acceptors (Lipinski definition) is 3. The van der Waals surface area contributed by atoms with Gasteiger partial charge >= 0.3 is 6.09 Å². The number of ether oxygens (including phenoxy) is 1. The van der Waals surface area contributed by atoms with Crippen LogP contribution in [0.3, 0.4) is 0 Å². The van der Waals surface area contributed by atoms with E-state index in [4.69, 9.17) is 4.74 Å². The lowest BCUT2D eigenvalue weighted by Gasteiger charge is -2.34. The van der Waals surface area contributed by atoms with Gasteiger partial charge in [-0.3, -0.25) is 9.69 Å². The molecule has 0 aromatic rings. The summed E-state index contributed by atoms with van der Waals surface area (Å²) < 4.78 is 6.35. The minimum atomic E-state index is -0.903. The van der Waals surface area contributed by atoms with Crippen molar-refractivity contribution in [2.45, 2.75) is 110 Å². The van der Waals surface area contributed by atoms with Crippen LogP contribution in [-0.2, 0) is 9.53 Å². The summed E-state index contributed by atoms with van der Waals surface area (Å²) in [6.07, 6.45) is 12.3. The van der Waals surface area contributed by atoms with Gasteiger partial charge in [-0.15, -0.1) is 0 Å². The first-order valence-electron chi connectivity index (χ1n) is 12.3. The molecule has 0 bridgehead atoms. The maximum Gasteiger partial charge on any atom is 0.409 e. The largest absolute Gasteiger partial charge is 0.465 e. The Bertz CT molecular complexity index is 611. The zero-order chi connectivity index (χ0) is 23.0. The molecular weight excluding hydrogens is 392 g/mol. The van der Waals surface area contributed by atoms with Crippen molar-refractivity contribution in [1.29, 1.82) is 0 Å². The Morgan fingerprint density at radius 3 is 2.48 bits per heavy atom. The third-order valence-electron chi connectivity index (χ3n) is 6.97. The quantitative estimate of drug-likeness (QED) is 0.346. The van der Waals surface area contributed by atoms with E-state index in [0.29, 0.717) is 18.4 Å². The molecule has 0 aromatic carbocycles. The first kappa shape index (κ1) is 25.7. The molecule has 2 rings (SSSR count). The Morgan fingerprint density at radius 1 is 1.23 bits per heavy atom. The first-order valence-corrected chi connectivity index (χ1v) is 12.3. The summed E-state index contributed by atoms with van der Waals surface area (Å²) in [5.74, 6) is 0.997. The van der Waals surface area contributed by atoms with Gasteiger partial charge in [0, 0.05) is 6.54 Å². The monoisotopic (exact) mass is 436 g/mol. The SMILES string of the molecule is CCCCNC(=O)/C=C/[C@@H](C[C@@H]1OC(C)(C)N(C(=O)O)[C@H]1CC1CCCCC1)C(C)C. The fourth-order valence-electron chi connectivity index (χ4n) is 5.17. The highest BCUT2D eigenvalue weighted by Crippen LogP contribution is 2.41. The van der Waals surface area contributed by atoms with E-state index in [1.54, 1.807) is 11.0 Å². The minimum absolute atomic E-state index is 0.0577. The van der Waals surface area contributed by atoms with E-state index in [0.717, 1.165) is 25.7 Å². The fraction of sp³-hybridized carbons (Fsp3) is 0.840. The zero-order valence-electron chi connectivity index (χ0n) is 20.2. The smallest absolute Gasteiger partial charge is 0.409 e. The number of nitrogens with one attached hydrogen (secondary N) is 1. The van der Waals surface area contributed by atoms with E-state index < -0.39 is 11.8 Å². The summed E-state index contributed by atoms with van der Waals surface area (Å²) in [7, 11) is 0. The number of hydrogen-bond donors (Lipinski definition) is 2. The van der Waals surface area contributed by atoms with Gasteiger partial charge in [0.05, 0.1) is 12.1 Å². The van der Waals surface area contributed by atoms with Crippen molar-refractivity contribution in [3.05, 3.63) is 12.2 Å². The molecule has 0 aromatic heterocycles. The van der Waals surface area contributed by atoms with Crippen LogP contribution in [0, 0.1) is 17.8 Å². The number of carbonyl (C=O) groups excluding carboxylic acids is 1. The molecule has 1 aliphatic carbocycles. The molecule has 3 atom stereocenters. The van der Waals surface area contributed by atoms with Crippen LogP contribution in [-0.4, -0.2) is 46.4 Å². The summed E-state index contributed by atoms with van der Waals surface area (Å²) in [4.78, 5) is 25.8. The van der Waals surface area contributed by atoms with Crippen molar-refractivity contribution in [2.24, 2.45) is 17.8 Å². The molecule has 31 heavy (non-hydrogen) atoms. The normalized spacial score (nSPS) is 25.3. The van der Waals surface area contributed by atoms with Crippen LogP contribution >= 0.6 is 0 Å². The molecule has 1 saturated heterocycles. The minimum Gasteiger partial charge on any atom is -0.465 e. The topological polar surface area (TPSA) is 78.9 Å². The van der Waals surface area contributed by atoms with Crippen molar-refractivity contribution in [3.63, 3.8) is 0 Å². The average Bonchev–Trinajstić information content (AvgIpc) is 2.95. The molecule has 6 nitrogen and oxygen atoms in total. The van der Waals surface area contributed by atoms with E-state index in [9.17, 15) is 14.7 Å². The summed E-state index contributed by atoms with van der Waals surface area (Å²) in [6.45, 7) is 10.8. The van der Waals surface area contributed by atoms with Crippen LogP contribution in [0.1, 0.15) is 92.4 Å². The first-order chi connectivity index (χ1) is 14.7. The van der Waals surface area contributed by atoms with Crippen LogP contribution < -0.4 is 5.32 Å². The highest BCUT2D eigenvalue weighted by atomic mass is 16.6. The second-order valence-electron chi connectivity index (χ2n) is 10.2. The van der Waals surface area contributed by atoms with E-state index >= 15 is 0 Å². The second-order valence-corrected chi connectivity index (χ2v) is 10.2. The molecule has 1 heterocycles. The second kappa shape index (κ2) is 11.9. The molecule has 0 radical (unpaired) electrons. The van der Waals surface area contributed by atoms with E-state index in [-0.39, 0.29) is 24.0 Å². The number of allylic oxidation sites excluding steroid dienone is 1. The molecule has 1 saturated carbocycles. The Kier molecular flexibility index (Phi) is 9.86. The number of nitrogens with zero attached hydrogens (tertiary/aromatic N) is 1. The maximum absolute atomic E-state index is 12.2. The molecular formula is C25H44N2O4. The fourth-order valence-corrected chi connectivity index (χ4v) is 5.17. The van der Waals surface area contributed by atoms with E-state index in [1.807, 2.05) is 19.9 Å². The number of unbranched alkanes of at least 4 members (excludes halogenated alkanes) is 1. The molecule has 2 amide bonds. The van der Waals surface area contributed by atoms with Gasteiger partial charge in [-0.25, -0.2) is 4.79 Å². The van der Waals surface area contributed by atoms with Crippen LogP contribution in [0.4, 0.5) is 4.79 Å². The Balaban J connectivity index is 2.12. The molecule has 2 fully saturated rings. The molecule has 0 unspecified atom stereocenters. The van der Waals surface area contributed by atoms with Gasteiger partial charge in [-0.1, -0.05) is 65.4 Å². The van der Waals surface area contributed by atoms with Crippen LogP contribution in [0.5, 0.6) is 0 Å². The van der Waals surface area contributed by atoms with E-state index in [1.165, 1.54) is 32.1 Å². The van der Waals surface area contributed by atoms with Gasteiger partial charge < -0.3 is 15.2 Å². The Hall–Kier alpha value is -1.56. The third-order valence-corrected chi connectivity index (χ3v) is 6.97. The van der Waals surface area contributed by atoms with Crippen molar-refractivity contribution < 1.29 is 19.4 Å². The highest BCUT2D eigenvalue weighted by molar-refractivity contribution is 5.87. The summed E-state index contributed by atoms with van der Waals surface area (Å²) >= 11 is 0. The van der Waals surface area contributed by atoms with Crippen LogP contribution in [0.2, 0.25) is 0 Å². The lowest BCUT2D eigenvalue weighted by Crippen LogP contribution is -2.48. The summed E-state index contributed by atoms with van der Waals surface area (Å²) in [6, 6.07) is -0.136. The predicted molar refractivity (Wildman–Crippen MR) is 124 cm³/mol. The van der Waals surface area contributed by atoms with Gasteiger partial charge in [0.1, 0.15) is 5.72 Å². The lowest BCUT2D eigenvalue weighted by atomic mass is 9.81. The van der Waals surface area contributed by atoms with Crippen molar-refractivity contribution in [3.8, 4) is 0 Å². The van der Waals surface area contributed by atoms with Gasteiger partial charge in [-0.05, 0) is 56.9 Å². The van der Waals surface area contributed by atoms with Crippen molar-refractivity contribution in [1.82, 2.24) is 10.2 Å². The molecule has 2 N–H and O–H groups in total. The van der Waals surface area contributed by atoms with Crippen molar-refractivity contribution in [2.75, 3.05) is 6.54 Å². The summed E-state index contributed by atoms with van der Waals surface area (Å²) in [5.41, 5.74) is -0.835. The van der Waals surface area contributed by atoms with Gasteiger partial charge in [-0.2, -0.15) is 0 Å². The highest BCUT2D eigenvalue weighted by Gasteiger charge is 2.50. The van der Waals surface area contributed by atoms with Crippen LogP contribution in [0.15, 0.2) is 12.2 Å². The van der Waals surface area contributed by atoms with Crippen LogP contribution in [0.25, 0.3) is 0 Å². The number of carbonyl (C=O) groups is 2. The van der Waals surface area contributed by atoms with Crippen molar-refractivity contribution >= 4 is 12.0 Å². The lowest BCUT2D eigenvalue weighted by molar-refractivity contribution is -0.116. The van der Waals surface area contributed by atoms with Gasteiger partial charge in [0.2, 0.25) is 5.91 Å². The number of amides is 2.